The van der Waals surface area contributed by atoms with Crippen LogP contribution < -0.4 is 26.6 Å². The number of hydrogen-bond donors (Lipinski definition) is 8. The van der Waals surface area contributed by atoms with Crippen LogP contribution in [0.1, 0.15) is 65.2 Å². The Bertz CT molecular complexity index is 973. The topological polar surface area (TPSA) is 240 Å². The predicted molar refractivity (Wildman–Crippen MR) is 153 cm³/mol. The van der Waals surface area contributed by atoms with E-state index >= 15 is 0 Å². The zero-order chi connectivity index (χ0) is 31.8. The molecular formula is C26H43N5O10S. The smallest absolute Gasteiger partial charge is 0.326 e. The van der Waals surface area contributed by atoms with Gasteiger partial charge in [-0.1, -0.05) is 13.8 Å². The van der Waals surface area contributed by atoms with E-state index in [-0.39, 0.29) is 31.6 Å². The van der Waals surface area contributed by atoms with Crippen LogP contribution in [-0.4, -0.2) is 106 Å². The Morgan fingerprint density at radius 1 is 0.762 bits per heavy atom. The van der Waals surface area contributed by atoms with E-state index < -0.39 is 84.6 Å². The molecule has 5 atom stereocenters. The Labute approximate surface area is 248 Å². The van der Waals surface area contributed by atoms with Gasteiger partial charge in [0.1, 0.15) is 24.2 Å². The summed E-state index contributed by atoms with van der Waals surface area (Å²) >= 11 is 1.38. The van der Waals surface area contributed by atoms with Crippen LogP contribution in [-0.2, 0) is 33.6 Å². The molecule has 0 spiro atoms. The van der Waals surface area contributed by atoms with Gasteiger partial charge in [0.2, 0.25) is 23.6 Å². The molecule has 0 aromatic carbocycles. The molecule has 1 rings (SSSR count). The van der Waals surface area contributed by atoms with Crippen LogP contribution in [0, 0.1) is 5.92 Å². The lowest BCUT2D eigenvalue weighted by molar-refractivity contribution is -0.143. The number of aliphatic carboxylic acids is 3. The van der Waals surface area contributed by atoms with Gasteiger partial charge in [-0.25, -0.2) is 4.79 Å². The second-order valence-corrected chi connectivity index (χ2v) is 11.5. The zero-order valence-corrected chi connectivity index (χ0v) is 25.0. The summed E-state index contributed by atoms with van der Waals surface area (Å²) in [6.45, 7) is 4.25. The van der Waals surface area contributed by atoms with E-state index in [4.69, 9.17) is 10.2 Å². The molecule has 0 aromatic rings. The lowest BCUT2D eigenvalue weighted by Gasteiger charge is -2.27. The minimum Gasteiger partial charge on any atom is -0.481 e. The molecule has 0 radical (unpaired) electrons. The molecule has 0 bridgehead atoms. The number of thioether (sulfide) groups is 1. The SMILES string of the molecule is CSCC[C@H](NC(=O)[C@H](CC(C)C)NC(=O)[C@H](CCC(=O)O)NC(=O)[C@@H]1CCCN1)C(=O)N[C@@H](CCC(=O)O)C(=O)O. The van der Waals surface area contributed by atoms with Gasteiger partial charge in [0.15, 0.2) is 0 Å². The van der Waals surface area contributed by atoms with Crippen molar-refractivity contribution in [2.45, 2.75) is 95.4 Å². The molecule has 1 saturated heterocycles. The summed E-state index contributed by atoms with van der Waals surface area (Å²) in [5.41, 5.74) is 0. The van der Waals surface area contributed by atoms with E-state index in [0.717, 1.165) is 6.42 Å². The van der Waals surface area contributed by atoms with E-state index in [9.17, 15) is 38.7 Å². The van der Waals surface area contributed by atoms with Crippen LogP contribution in [0.25, 0.3) is 0 Å². The van der Waals surface area contributed by atoms with Crippen molar-refractivity contribution in [3.05, 3.63) is 0 Å². The minimum absolute atomic E-state index is 0.0957. The van der Waals surface area contributed by atoms with Crippen molar-refractivity contribution in [2.75, 3.05) is 18.6 Å². The molecule has 1 fully saturated rings. The first-order valence-corrected chi connectivity index (χ1v) is 15.2. The Morgan fingerprint density at radius 3 is 1.74 bits per heavy atom. The standard InChI is InChI=1S/C26H43N5O10S/c1-14(2)13-19(31-23(37)16(6-8-20(32)33)28-22(36)15-5-4-11-27-15)25(39)29-17(10-12-42-3)24(38)30-18(26(40)41)7-9-21(34)35/h14-19,27H,4-13H2,1-3H3,(H,28,36)(H,29,39)(H,30,38)(H,31,37)(H,32,33)(H,34,35)(H,40,41)/t15-,16-,17-,18-,19-/m0/s1. The van der Waals surface area contributed by atoms with Gasteiger partial charge >= 0.3 is 17.9 Å². The van der Waals surface area contributed by atoms with Crippen molar-refractivity contribution in [1.82, 2.24) is 26.6 Å². The molecular weight excluding hydrogens is 574 g/mol. The summed E-state index contributed by atoms with van der Waals surface area (Å²) in [4.78, 5) is 85.8. The molecule has 1 aliphatic rings. The van der Waals surface area contributed by atoms with Crippen molar-refractivity contribution >= 4 is 53.3 Å². The van der Waals surface area contributed by atoms with Crippen LogP contribution in [0.2, 0.25) is 0 Å². The molecule has 0 aromatic heterocycles. The van der Waals surface area contributed by atoms with Crippen molar-refractivity contribution in [3.63, 3.8) is 0 Å². The molecule has 0 saturated carbocycles. The van der Waals surface area contributed by atoms with Crippen LogP contribution in [0.5, 0.6) is 0 Å². The lowest BCUT2D eigenvalue weighted by Crippen LogP contribution is -2.58. The summed E-state index contributed by atoms with van der Waals surface area (Å²) in [5.74, 6) is -6.24. The van der Waals surface area contributed by atoms with Crippen LogP contribution >= 0.6 is 11.8 Å². The van der Waals surface area contributed by atoms with Crippen molar-refractivity contribution in [3.8, 4) is 0 Å². The molecule has 4 amide bonds. The van der Waals surface area contributed by atoms with E-state index in [1.165, 1.54) is 11.8 Å². The third-order valence-electron chi connectivity index (χ3n) is 6.50. The fourth-order valence-corrected chi connectivity index (χ4v) is 4.74. The van der Waals surface area contributed by atoms with Gasteiger partial charge in [-0.15, -0.1) is 0 Å². The maximum atomic E-state index is 13.3. The number of amides is 4. The molecule has 1 heterocycles. The van der Waals surface area contributed by atoms with Gasteiger partial charge in [-0.3, -0.25) is 28.8 Å². The fraction of sp³-hybridized carbons (Fsp3) is 0.731. The second-order valence-electron chi connectivity index (χ2n) is 10.5. The first-order valence-electron chi connectivity index (χ1n) is 13.8. The molecule has 16 heteroatoms. The number of nitrogens with one attached hydrogen (secondary N) is 5. The molecule has 238 valence electrons. The van der Waals surface area contributed by atoms with Gasteiger partial charge in [0.05, 0.1) is 6.04 Å². The van der Waals surface area contributed by atoms with Crippen LogP contribution in [0.3, 0.4) is 0 Å². The first kappa shape index (κ1) is 36.6. The number of carboxylic acids is 3. The third kappa shape index (κ3) is 14.0. The number of carboxylic acid groups (broad SMARTS) is 3. The summed E-state index contributed by atoms with van der Waals surface area (Å²) in [6, 6.07) is -5.56. The van der Waals surface area contributed by atoms with E-state index in [1.807, 2.05) is 0 Å². The Balaban J connectivity index is 3.07. The number of carbonyl (C=O) groups is 7. The molecule has 0 unspecified atom stereocenters. The summed E-state index contributed by atoms with van der Waals surface area (Å²) in [6.07, 6.45) is 1.94. The molecule has 42 heavy (non-hydrogen) atoms. The van der Waals surface area contributed by atoms with Gasteiger partial charge in [0, 0.05) is 12.8 Å². The normalized spacial score (nSPS) is 17.4. The zero-order valence-electron chi connectivity index (χ0n) is 24.1. The largest absolute Gasteiger partial charge is 0.481 e. The Kier molecular flexibility index (Phi) is 16.5. The van der Waals surface area contributed by atoms with Crippen molar-refractivity contribution < 1.29 is 48.9 Å². The number of hydrogen-bond acceptors (Lipinski definition) is 9. The first-order chi connectivity index (χ1) is 19.7. The van der Waals surface area contributed by atoms with Crippen LogP contribution in [0.4, 0.5) is 0 Å². The van der Waals surface area contributed by atoms with Gasteiger partial charge in [-0.05, 0) is 63.0 Å². The van der Waals surface area contributed by atoms with E-state index in [2.05, 4.69) is 26.6 Å². The lowest BCUT2D eigenvalue weighted by atomic mass is 10.0. The van der Waals surface area contributed by atoms with E-state index in [1.54, 1.807) is 20.1 Å². The maximum absolute atomic E-state index is 13.3. The Morgan fingerprint density at radius 2 is 1.26 bits per heavy atom. The Hall–Kier alpha value is -3.40. The van der Waals surface area contributed by atoms with Crippen LogP contribution in [0.15, 0.2) is 0 Å². The summed E-state index contributed by atoms with van der Waals surface area (Å²) in [5, 5.41) is 40.4. The van der Waals surface area contributed by atoms with Gasteiger partial charge in [0.25, 0.3) is 0 Å². The highest BCUT2D eigenvalue weighted by atomic mass is 32.2. The fourth-order valence-electron chi connectivity index (χ4n) is 4.27. The van der Waals surface area contributed by atoms with Crippen molar-refractivity contribution in [1.29, 1.82) is 0 Å². The highest BCUT2D eigenvalue weighted by Crippen LogP contribution is 2.11. The molecule has 8 N–H and O–H groups in total. The highest BCUT2D eigenvalue weighted by Gasteiger charge is 2.33. The molecule has 0 aliphatic carbocycles. The van der Waals surface area contributed by atoms with Gasteiger partial charge < -0.3 is 41.9 Å². The summed E-state index contributed by atoms with van der Waals surface area (Å²) in [7, 11) is 0. The molecule has 15 nitrogen and oxygen atoms in total. The predicted octanol–water partition coefficient (Wildman–Crippen LogP) is -0.709. The van der Waals surface area contributed by atoms with E-state index in [0.29, 0.717) is 18.7 Å². The number of rotatable bonds is 20. The monoisotopic (exact) mass is 617 g/mol. The second kappa shape index (κ2) is 18.9. The minimum atomic E-state index is -1.48. The van der Waals surface area contributed by atoms with Crippen molar-refractivity contribution in [2.24, 2.45) is 5.92 Å². The average Bonchev–Trinajstić information content (AvgIpc) is 3.45. The van der Waals surface area contributed by atoms with Gasteiger partial charge in [-0.2, -0.15) is 11.8 Å². The quantitative estimate of drug-likeness (QED) is 0.0845. The third-order valence-corrected chi connectivity index (χ3v) is 7.15. The maximum Gasteiger partial charge on any atom is 0.326 e. The summed E-state index contributed by atoms with van der Waals surface area (Å²) < 4.78 is 0. The number of carbonyl (C=O) groups excluding carboxylic acids is 4. The highest BCUT2D eigenvalue weighted by molar-refractivity contribution is 7.98. The average molecular weight is 618 g/mol. The molecule has 1 aliphatic heterocycles.